The van der Waals surface area contributed by atoms with Gasteiger partial charge in [-0.2, -0.15) is 0 Å². The van der Waals surface area contributed by atoms with Crippen molar-refractivity contribution in [2.75, 3.05) is 31.1 Å². The maximum Gasteiger partial charge on any atom is 0.315 e. The van der Waals surface area contributed by atoms with Crippen LogP contribution < -0.4 is 15.5 Å². The van der Waals surface area contributed by atoms with E-state index in [1.807, 2.05) is 6.07 Å². The van der Waals surface area contributed by atoms with E-state index in [1.165, 1.54) is 5.69 Å². The van der Waals surface area contributed by atoms with Crippen LogP contribution in [0.1, 0.15) is 32.1 Å². The van der Waals surface area contributed by atoms with E-state index in [9.17, 15) is 9.90 Å². The molecular formula is C18H27N3O2. The number of amides is 2. The summed E-state index contributed by atoms with van der Waals surface area (Å²) >= 11 is 0. The second kappa shape index (κ2) is 7.21. The first-order chi connectivity index (χ1) is 11.2. The molecular weight excluding hydrogens is 290 g/mol. The summed E-state index contributed by atoms with van der Waals surface area (Å²) in [4.78, 5) is 14.5. The third-order valence-electron chi connectivity index (χ3n) is 5.20. The largest absolute Gasteiger partial charge is 0.394 e. The normalized spacial score (nSPS) is 23.0. The Bertz CT molecular complexity index is 514. The maximum atomic E-state index is 12.1. The molecule has 2 amide bonds. The van der Waals surface area contributed by atoms with Crippen molar-refractivity contribution in [2.24, 2.45) is 5.92 Å². The molecule has 0 radical (unpaired) electrons. The number of carbonyl (C=O) groups is 1. The number of hydrogen-bond donors (Lipinski definition) is 3. The van der Waals surface area contributed by atoms with Gasteiger partial charge in [-0.15, -0.1) is 0 Å². The standard InChI is InChI=1S/C18H27N3O2/c22-14-18(9-4-5-10-18)20-17(23)19-12-15-8-11-21(13-15)16-6-2-1-3-7-16/h1-3,6-7,15,22H,4-5,8-14H2,(H2,19,20,23)/t15-/m0/s1. The fourth-order valence-corrected chi connectivity index (χ4v) is 3.77. The number of rotatable bonds is 5. The molecule has 3 rings (SSSR count). The molecule has 3 N–H and O–H groups in total. The van der Waals surface area contributed by atoms with Gasteiger partial charge in [0.1, 0.15) is 0 Å². The highest BCUT2D eigenvalue weighted by atomic mass is 16.3. The Kier molecular flexibility index (Phi) is 5.06. The van der Waals surface area contributed by atoms with E-state index >= 15 is 0 Å². The molecule has 2 aliphatic rings. The van der Waals surface area contributed by atoms with Crippen molar-refractivity contribution in [1.82, 2.24) is 10.6 Å². The van der Waals surface area contributed by atoms with Crippen LogP contribution in [0.25, 0.3) is 0 Å². The number of nitrogens with zero attached hydrogens (tertiary/aromatic N) is 1. The fourth-order valence-electron chi connectivity index (χ4n) is 3.77. The van der Waals surface area contributed by atoms with Gasteiger partial charge in [0.25, 0.3) is 0 Å². The number of carbonyl (C=O) groups excluding carboxylic acids is 1. The molecule has 0 aromatic heterocycles. The van der Waals surface area contributed by atoms with Crippen LogP contribution in [0.2, 0.25) is 0 Å². The predicted octanol–water partition coefficient (Wildman–Crippen LogP) is 2.12. The number of urea groups is 1. The summed E-state index contributed by atoms with van der Waals surface area (Å²) < 4.78 is 0. The zero-order valence-electron chi connectivity index (χ0n) is 13.6. The van der Waals surface area contributed by atoms with E-state index in [0.717, 1.165) is 45.2 Å². The lowest BCUT2D eigenvalue weighted by Gasteiger charge is -2.28. The van der Waals surface area contributed by atoms with Crippen molar-refractivity contribution in [3.05, 3.63) is 30.3 Å². The van der Waals surface area contributed by atoms with Gasteiger partial charge in [-0.05, 0) is 37.3 Å². The summed E-state index contributed by atoms with van der Waals surface area (Å²) in [7, 11) is 0. The summed E-state index contributed by atoms with van der Waals surface area (Å²) in [6.07, 6.45) is 5.01. The van der Waals surface area contributed by atoms with Crippen molar-refractivity contribution in [3.63, 3.8) is 0 Å². The maximum absolute atomic E-state index is 12.1. The lowest BCUT2D eigenvalue weighted by atomic mass is 9.99. The van der Waals surface area contributed by atoms with Gasteiger partial charge in [0.2, 0.25) is 0 Å². The van der Waals surface area contributed by atoms with Gasteiger partial charge in [0, 0.05) is 25.3 Å². The average molecular weight is 317 g/mol. The van der Waals surface area contributed by atoms with E-state index in [-0.39, 0.29) is 12.6 Å². The highest BCUT2D eigenvalue weighted by molar-refractivity contribution is 5.74. The quantitative estimate of drug-likeness (QED) is 0.779. The molecule has 0 spiro atoms. The Morgan fingerprint density at radius 2 is 2.00 bits per heavy atom. The molecule has 0 bridgehead atoms. The number of hydrogen-bond acceptors (Lipinski definition) is 3. The molecule has 0 unspecified atom stereocenters. The summed E-state index contributed by atoms with van der Waals surface area (Å²) in [5.41, 5.74) is 0.861. The van der Waals surface area contributed by atoms with E-state index in [0.29, 0.717) is 12.5 Å². The second-order valence-electron chi connectivity index (χ2n) is 6.92. The van der Waals surface area contributed by atoms with Crippen LogP contribution in [0.4, 0.5) is 10.5 Å². The molecule has 126 valence electrons. The molecule has 1 heterocycles. The van der Waals surface area contributed by atoms with Crippen LogP contribution in [0, 0.1) is 5.92 Å². The van der Waals surface area contributed by atoms with Crippen molar-refractivity contribution in [1.29, 1.82) is 0 Å². The van der Waals surface area contributed by atoms with Crippen LogP contribution in [0.5, 0.6) is 0 Å². The SMILES string of the molecule is O=C(NC[C@@H]1CCN(c2ccccc2)C1)NC1(CO)CCCC1. The van der Waals surface area contributed by atoms with E-state index in [2.05, 4.69) is 39.8 Å². The monoisotopic (exact) mass is 317 g/mol. The smallest absolute Gasteiger partial charge is 0.315 e. The topological polar surface area (TPSA) is 64.6 Å². The van der Waals surface area contributed by atoms with Crippen molar-refractivity contribution in [3.8, 4) is 0 Å². The fraction of sp³-hybridized carbons (Fsp3) is 0.611. The molecule has 1 saturated carbocycles. The van der Waals surface area contributed by atoms with E-state index in [1.54, 1.807) is 0 Å². The van der Waals surface area contributed by atoms with Gasteiger partial charge in [-0.3, -0.25) is 0 Å². The highest BCUT2D eigenvalue weighted by Gasteiger charge is 2.34. The molecule has 2 fully saturated rings. The molecule has 1 aromatic rings. The Balaban J connectivity index is 1.43. The number of aliphatic hydroxyl groups excluding tert-OH is 1. The average Bonchev–Trinajstić information content (AvgIpc) is 3.24. The zero-order chi connectivity index (χ0) is 16.1. The Hall–Kier alpha value is -1.75. The lowest BCUT2D eigenvalue weighted by molar-refractivity contribution is 0.162. The van der Waals surface area contributed by atoms with Crippen molar-refractivity contribution in [2.45, 2.75) is 37.6 Å². The molecule has 1 saturated heterocycles. The van der Waals surface area contributed by atoms with Gasteiger partial charge in [0.05, 0.1) is 12.1 Å². The minimum atomic E-state index is -0.393. The molecule has 23 heavy (non-hydrogen) atoms. The van der Waals surface area contributed by atoms with E-state index in [4.69, 9.17) is 0 Å². The summed E-state index contributed by atoms with van der Waals surface area (Å²) in [5, 5.41) is 15.5. The number of anilines is 1. The first-order valence-corrected chi connectivity index (χ1v) is 8.68. The number of benzene rings is 1. The third-order valence-corrected chi connectivity index (χ3v) is 5.20. The van der Waals surface area contributed by atoms with Crippen LogP contribution in [0.15, 0.2) is 30.3 Å². The minimum absolute atomic E-state index is 0.0334. The minimum Gasteiger partial charge on any atom is -0.394 e. The van der Waals surface area contributed by atoms with E-state index < -0.39 is 5.54 Å². The zero-order valence-corrected chi connectivity index (χ0v) is 13.6. The molecule has 5 nitrogen and oxygen atoms in total. The Labute approximate surface area is 138 Å². The third kappa shape index (κ3) is 3.96. The lowest BCUT2D eigenvalue weighted by Crippen LogP contribution is -2.53. The van der Waals surface area contributed by atoms with Crippen LogP contribution in [-0.4, -0.2) is 42.9 Å². The van der Waals surface area contributed by atoms with Crippen molar-refractivity contribution < 1.29 is 9.90 Å². The first-order valence-electron chi connectivity index (χ1n) is 8.68. The van der Waals surface area contributed by atoms with Gasteiger partial charge in [-0.1, -0.05) is 31.0 Å². The van der Waals surface area contributed by atoms with Gasteiger partial charge < -0.3 is 20.6 Å². The number of aliphatic hydroxyl groups is 1. The first kappa shape index (κ1) is 16.1. The second-order valence-corrected chi connectivity index (χ2v) is 6.92. The predicted molar refractivity (Wildman–Crippen MR) is 91.6 cm³/mol. The highest BCUT2D eigenvalue weighted by Crippen LogP contribution is 2.29. The summed E-state index contributed by atoms with van der Waals surface area (Å²) in [6.45, 7) is 2.75. The van der Waals surface area contributed by atoms with Crippen LogP contribution in [-0.2, 0) is 0 Å². The van der Waals surface area contributed by atoms with Gasteiger partial charge >= 0.3 is 6.03 Å². The molecule has 1 aromatic carbocycles. The number of nitrogens with one attached hydrogen (secondary N) is 2. The molecule has 1 atom stereocenters. The Morgan fingerprint density at radius 1 is 1.26 bits per heavy atom. The Morgan fingerprint density at radius 3 is 2.70 bits per heavy atom. The van der Waals surface area contributed by atoms with Gasteiger partial charge in [0.15, 0.2) is 0 Å². The molecule has 5 heteroatoms. The molecule has 1 aliphatic carbocycles. The van der Waals surface area contributed by atoms with Crippen LogP contribution >= 0.6 is 0 Å². The van der Waals surface area contributed by atoms with Gasteiger partial charge in [-0.25, -0.2) is 4.79 Å². The van der Waals surface area contributed by atoms with Crippen LogP contribution in [0.3, 0.4) is 0 Å². The van der Waals surface area contributed by atoms with Crippen molar-refractivity contribution >= 4 is 11.7 Å². The molecule has 1 aliphatic heterocycles. The summed E-state index contributed by atoms with van der Waals surface area (Å²) in [5.74, 6) is 0.481. The summed E-state index contributed by atoms with van der Waals surface area (Å²) in [6, 6.07) is 10.3. The number of para-hydroxylation sites is 1.